The fourth-order valence-electron chi connectivity index (χ4n) is 1.37. The van der Waals surface area contributed by atoms with Crippen LogP contribution in [-0.2, 0) is 11.8 Å². The molecule has 0 saturated heterocycles. The Morgan fingerprint density at radius 2 is 2.46 bits per heavy atom. The van der Waals surface area contributed by atoms with Crippen molar-refractivity contribution in [3.8, 4) is 0 Å². The van der Waals surface area contributed by atoms with Crippen LogP contribution in [-0.4, -0.2) is 20.9 Å². The summed E-state index contributed by atoms with van der Waals surface area (Å²) in [4.78, 5) is 10.4. The number of carboxylic acid groups (broad SMARTS) is 1. The van der Waals surface area contributed by atoms with Gasteiger partial charge in [0.15, 0.2) is 0 Å². The van der Waals surface area contributed by atoms with Gasteiger partial charge in [-0.3, -0.25) is 9.48 Å². The van der Waals surface area contributed by atoms with Crippen LogP contribution >= 0.6 is 0 Å². The molecule has 0 spiro atoms. The summed E-state index contributed by atoms with van der Waals surface area (Å²) in [5, 5.41) is 12.5. The van der Waals surface area contributed by atoms with Gasteiger partial charge >= 0.3 is 5.97 Å². The second-order valence-corrected chi connectivity index (χ2v) is 3.04. The van der Waals surface area contributed by atoms with Crippen molar-refractivity contribution < 1.29 is 9.90 Å². The fourth-order valence-corrected chi connectivity index (χ4v) is 1.37. The lowest BCUT2D eigenvalue weighted by Crippen LogP contribution is -2.19. The number of aliphatic carboxylic acids is 1. The minimum absolute atomic E-state index is 0.0691. The lowest BCUT2D eigenvalue weighted by atomic mass is 10.1. The average Bonchev–Trinajstić information content (AvgIpc) is 2.29. The predicted octanol–water partition coefficient (Wildman–Crippen LogP) is 0.203. The van der Waals surface area contributed by atoms with Gasteiger partial charge in [-0.05, 0) is 12.5 Å². The molecule has 0 radical (unpaired) electrons. The van der Waals surface area contributed by atoms with Crippen LogP contribution < -0.4 is 5.73 Å². The standard InChI is InChI=1S/C8H13N3O2/c1-5-4-10-11(2)8(5)6(9)3-7(12)13/h4,6H,3,9H2,1-2H3,(H,12,13). The van der Waals surface area contributed by atoms with E-state index in [1.165, 1.54) is 0 Å². The Morgan fingerprint density at radius 1 is 1.85 bits per heavy atom. The van der Waals surface area contributed by atoms with Crippen LogP contribution in [0.2, 0.25) is 0 Å². The Hall–Kier alpha value is -1.36. The SMILES string of the molecule is Cc1cnn(C)c1C(N)CC(=O)O. The Labute approximate surface area is 76.2 Å². The van der Waals surface area contributed by atoms with Gasteiger partial charge < -0.3 is 10.8 Å². The number of nitrogens with two attached hydrogens (primary N) is 1. The van der Waals surface area contributed by atoms with E-state index in [0.29, 0.717) is 0 Å². The van der Waals surface area contributed by atoms with Gasteiger partial charge in [-0.1, -0.05) is 0 Å². The molecule has 1 aromatic rings. The number of aromatic nitrogens is 2. The Balaban J connectivity index is 2.87. The largest absolute Gasteiger partial charge is 0.481 e. The van der Waals surface area contributed by atoms with Crippen molar-refractivity contribution in [1.29, 1.82) is 0 Å². The van der Waals surface area contributed by atoms with Gasteiger partial charge in [0.1, 0.15) is 0 Å². The van der Waals surface area contributed by atoms with Gasteiger partial charge in [-0.15, -0.1) is 0 Å². The predicted molar refractivity (Wildman–Crippen MR) is 47.1 cm³/mol. The molecule has 0 aromatic carbocycles. The highest BCUT2D eigenvalue weighted by molar-refractivity contribution is 5.67. The molecule has 1 rings (SSSR count). The summed E-state index contributed by atoms with van der Waals surface area (Å²) in [7, 11) is 1.75. The van der Waals surface area contributed by atoms with E-state index < -0.39 is 12.0 Å². The van der Waals surface area contributed by atoms with Crippen molar-refractivity contribution >= 4 is 5.97 Å². The van der Waals surface area contributed by atoms with E-state index in [2.05, 4.69) is 5.10 Å². The quantitative estimate of drug-likeness (QED) is 0.701. The molecule has 0 amide bonds. The van der Waals surface area contributed by atoms with E-state index >= 15 is 0 Å². The Bertz CT molecular complexity index is 300. The first kappa shape index (κ1) is 9.73. The highest BCUT2D eigenvalue weighted by Gasteiger charge is 2.16. The lowest BCUT2D eigenvalue weighted by molar-refractivity contribution is -0.137. The van der Waals surface area contributed by atoms with E-state index in [-0.39, 0.29) is 6.42 Å². The summed E-state index contributed by atoms with van der Waals surface area (Å²) in [6.07, 6.45) is 1.61. The van der Waals surface area contributed by atoms with Crippen LogP contribution in [0.3, 0.4) is 0 Å². The molecule has 13 heavy (non-hydrogen) atoms. The number of nitrogens with zero attached hydrogens (tertiary/aromatic N) is 2. The first-order chi connectivity index (χ1) is 6.02. The Morgan fingerprint density at radius 3 is 2.85 bits per heavy atom. The van der Waals surface area contributed by atoms with Crippen molar-refractivity contribution in [2.45, 2.75) is 19.4 Å². The fraction of sp³-hybridized carbons (Fsp3) is 0.500. The van der Waals surface area contributed by atoms with E-state index in [1.807, 2.05) is 6.92 Å². The van der Waals surface area contributed by atoms with Crippen LogP contribution in [0.15, 0.2) is 6.20 Å². The van der Waals surface area contributed by atoms with Crippen LogP contribution in [0.4, 0.5) is 0 Å². The maximum absolute atomic E-state index is 10.4. The zero-order valence-corrected chi connectivity index (χ0v) is 7.69. The summed E-state index contributed by atoms with van der Waals surface area (Å²) < 4.78 is 1.61. The van der Waals surface area contributed by atoms with Gasteiger partial charge in [-0.25, -0.2) is 0 Å². The lowest BCUT2D eigenvalue weighted by Gasteiger charge is -2.10. The smallest absolute Gasteiger partial charge is 0.305 e. The van der Waals surface area contributed by atoms with Gasteiger partial charge in [0.05, 0.1) is 24.4 Å². The number of carboxylic acids is 1. The molecule has 0 aliphatic heterocycles. The second kappa shape index (κ2) is 3.57. The van der Waals surface area contributed by atoms with Crippen molar-refractivity contribution in [2.75, 3.05) is 0 Å². The minimum atomic E-state index is -0.895. The molecule has 1 heterocycles. The second-order valence-electron chi connectivity index (χ2n) is 3.04. The molecule has 0 saturated carbocycles. The molecule has 72 valence electrons. The third-order valence-electron chi connectivity index (χ3n) is 1.92. The number of carbonyl (C=O) groups is 1. The first-order valence-electron chi connectivity index (χ1n) is 3.98. The van der Waals surface area contributed by atoms with Gasteiger partial charge in [0, 0.05) is 7.05 Å². The summed E-state index contributed by atoms with van der Waals surface area (Å²) in [5.41, 5.74) is 7.41. The van der Waals surface area contributed by atoms with E-state index in [4.69, 9.17) is 10.8 Å². The van der Waals surface area contributed by atoms with Crippen LogP contribution in [0.25, 0.3) is 0 Å². The summed E-state index contributed by atoms with van der Waals surface area (Å²) >= 11 is 0. The summed E-state index contributed by atoms with van der Waals surface area (Å²) in [5.74, 6) is -0.895. The first-order valence-corrected chi connectivity index (χ1v) is 3.98. The zero-order valence-electron chi connectivity index (χ0n) is 7.69. The average molecular weight is 183 g/mol. The number of hydrogen-bond acceptors (Lipinski definition) is 3. The molecule has 0 bridgehead atoms. The molecule has 5 nitrogen and oxygen atoms in total. The van der Waals surface area contributed by atoms with Crippen LogP contribution in [0.1, 0.15) is 23.7 Å². The summed E-state index contributed by atoms with van der Waals surface area (Å²) in [6, 6.07) is -0.481. The van der Waals surface area contributed by atoms with Gasteiger partial charge in [0.2, 0.25) is 0 Å². The molecule has 0 aliphatic rings. The normalized spacial score (nSPS) is 12.8. The van der Waals surface area contributed by atoms with E-state index in [9.17, 15) is 4.79 Å². The zero-order chi connectivity index (χ0) is 10.0. The van der Waals surface area contributed by atoms with Crippen LogP contribution in [0, 0.1) is 6.92 Å². The molecular formula is C8H13N3O2. The van der Waals surface area contributed by atoms with Gasteiger partial charge in [-0.2, -0.15) is 5.10 Å². The van der Waals surface area contributed by atoms with Crippen LogP contribution in [0.5, 0.6) is 0 Å². The summed E-state index contributed by atoms with van der Waals surface area (Å²) in [6.45, 7) is 1.87. The third kappa shape index (κ3) is 2.06. The molecule has 1 atom stereocenters. The number of aryl methyl sites for hydroxylation is 2. The molecule has 5 heteroatoms. The van der Waals surface area contributed by atoms with E-state index in [1.54, 1.807) is 17.9 Å². The maximum Gasteiger partial charge on any atom is 0.305 e. The highest BCUT2D eigenvalue weighted by atomic mass is 16.4. The Kier molecular flexibility index (Phi) is 2.67. The molecule has 3 N–H and O–H groups in total. The van der Waals surface area contributed by atoms with Crippen molar-refractivity contribution in [2.24, 2.45) is 12.8 Å². The van der Waals surface area contributed by atoms with E-state index in [0.717, 1.165) is 11.3 Å². The van der Waals surface area contributed by atoms with Crippen molar-refractivity contribution in [1.82, 2.24) is 9.78 Å². The number of rotatable bonds is 3. The minimum Gasteiger partial charge on any atom is -0.481 e. The third-order valence-corrected chi connectivity index (χ3v) is 1.92. The topological polar surface area (TPSA) is 81.1 Å². The van der Waals surface area contributed by atoms with Gasteiger partial charge in [0.25, 0.3) is 0 Å². The molecule has 0 aliphatic carbocycles. The molecular weight excluding hydrogens is 170 g/mol. The highest BCUT2D eigenvalue weighted by Crippen LogP contribution is 2.16. The molecule has 1 aromatic heterocycles. The van der Waals surface area contributed by atoms with Crippen molar-refractivity contribution in [3.05, 3.63) is 17.5 Å². The molecule has 1 unspecified atom stereocenters. The molecule has 0 fully saturated rings. The van der Waals surface area contributed by atoms with Crippen molar-refractivity contribution in [3.63, 3.8) is 0 Å². The number of hydrogen-bond donors (Lipinski definition) is 2. The monoisotopic (exact) mass is 183 g/mol. The maximum atomic E-state index is 10.4.